The molecule has 2 nitrogen and oxygen atoms in total. The van der Waals surface area contributed by atoms with Gasteiger partial charge in [0.05, 0.1) is 6.04 Å². The number of hydrogen-bond donors (Lipinski definition) is 1. The van der Waals surface area contributed by atoms with E-state index in [0.29, 0.717) is 0 Å². The van der Waals surface area contributed by atoms with Crippen molar-refractivity contribution >= 4 is 11.3 Å². The van der Waals surface area contributed by atoms with E-state index in [1.165, 1.54) is 12.1 Å². The van der Waals surface area contributed by atoms with Gasteiger partial charge in [0.2, 0.25) is 0 Å². The summed E-state index contributed by atoms with van der Waals surface area (Å²) >= 11 is 1.59. The molecule has 1 aromatic heterocycles. The van der Waals surface area contributed by atoms with Gasteiger partial charge < -0.3 is 5.32 Å². The van der Waals surface area contributed by atoms with Gasteiger partial charge in [0.15, 0.2) is 0 Å². The number of aromatic nitrogens is 1. The minimum atomic E-state index is -2.42. The van der Waals surface area contributed by atoms with E-state index >= 15 is 0 Å². The monoisotopic (exact) mass is 296 g/mol. The highest BCUT2D eigenvalue weighted by Crippen LogP contribution is 2.27. The normalized spacial score (nSPS) is 12.8. The van der Waals surface area contributed by atoms with E-state index in [1.54, 1.807) is 23.5 Å². The first-order chi connectivity index (χ1) is 9.61. The van der Waals surface area contributed by atoms with Crippen LogP contribution in [0, 0.1) is 6.92 Å². The van der Waals surface area contributed by atoms with Crippen molar-refractivity contribution in [3.8, 4) is 0 Å². The minimum absolute atomic E-state index is 0.0274. The summed E-state index contributed by atoms with van der Waals surface area (Å²) in [6, 6.07) is 6.46. The largest absolute Gasteiger partial charge is 0.304 e. The van der Waals surface area contributed by atoms with Gasteiger partial charge in [0, 0.05) is 16.6 Å². The van der Waals surface area contributed by atoms with Gasteiger partial charge in [0.25, 0.3) is 6.43 Å². The maximum absolute atomic E-state index is 12.6. The molecule has 1 unspecified atom stereocenters. The molecule has 20 heavy (non-hydrogen) atoms. The molecule has 1 atom stereocenters. The van der Waals surface area contributed by atoms with Crippen molar-refractivity contribution < 1.29 is 8.78 Å². The first-order valence-electron chi connectivity index (χ1n) is 6.65. The molecule has 0 bridgehead atoms. The van der Waals surface area contributed by atoms with Gasteiger partial charge in [-0.25, -0.2) is 13.8 Å². The van der Waals surface area contributed by atoms with Crippen LogP contribution in [0.25, 0.3) is 0 Å². The van der Waals surface area contributed by atoms with Crippen LogP contribution < -0.4 is 5.32 Å². The number of alkyl halides is 2. The Morgan fingerprint density at radius 3 is 2.35 bits per heavy atom. The summed E-state index contributed by atoms with van der Waals surface area (Å²) in [7, 11) is 0. The average molecular weight is 296 g/mol. The van der Waals surface area contributed by atoms with Crippen molar-refractivity contribution in [1.82, 2.24) is 10.3 Å². The highest BCUT2D eigenvalue weighted by molar-refractivity contribution is 7.09. The quantitative estimate of drug-likeness (QED) is 0.850. The van der Waals surface area contributed by atoms with Crippen molar-refractivity contribution in [3.05, 3.63) is 51.5 Å². The number of benzene rings is 1. The predicted molar refractivity (Wildman–Crippen MR) is 78.4 cm³/mol. The van der Waals surface area contributed by atoms with Crippen LogP contribution in [0.3, 0.4) is 0 Å². The van der Waals surface area contributed by atoms with Crippen LogP contribution in [0.15, 0.2) is 29.6 Å². The molecule has 0 spiro atoms. The SMILES string of the molecule is CCCNC(c1ccc(C(F)F)cc1)c1nc(C)cs1. The maximum Gasteiger partial charge on any atom is 0.263 e. The molecule has 0 radical (unpaired) electrons. The highest BCUT2D eigenvalue weighted by atomic mass is 32.1. The van der Waals surface area contributed by atoms with E-state index in [1.807, 2.05) is 12.3 Å². The molecule has 5 heteroatoms. The number of hydrogen-bond acceptors (Lipinski definition) is 3. The molecule has 2 aromatic rings. The van der Waals surface area contributed by atoms with Gasteiger partial charge in [-0.15, -0.1) is 11.3 Å². The van der Waals surface area contributed by atoms with E-state index in [2.05, 4.69) is 17.2 Å². The van der Waals surface area contributed by atoms with Crippen LogP contribution in [0.5, 0.6) is 0 Å². The molecule has 0 aliphatic carbocycles. The number of halogens is 2. The van der Waals surface area contributed by atoms with Crippen LogP contribution in [0.2, 0.25) is 0 Å². The van der Waals surface area contributed by atoms with E-state index in [9.17, 15) is 8.78 Å². The number of nitrogens with zero attached hydrogens (tertiary/aromatic N) is 1. The number of aryl methyl sites for hydroxylation is 1. The van der Waals surface area contributed by atoms with Crippen LogP contribution in [-0.4, -0.2) is 11.5 Å². The van der Waals surface area contributed by atoms with Crippen LogP contribution >= 0.6 is 11.3 Å². The lowest BCUT2D eigenvalue weighted by atomic mass is 10.1. The Kier molecular flexibility index (Phi) is 5.20. The topological polar surface area (TPSA) is 24.9 Å². The third kappa shape index (κ3) is 3.61. The first-order valence-corrected chi connectivity index (χ1v) is 7.53. The third-order valence-electron chi connectivity index (χ3n) is 3.00. The van der Waals surface area contributed by atoms with Gasteiger partial charge in [-0.05, 0) is 25.5 Å². The fraction of sp³-hybridized carbons (Fsp3) is 0.400. The first kappa shape index (κ1) is 15.1. The molecule has 0 amide bonds. The van der Waals surface area contributed by atoms with Crippen LogP contribution in [0.4, 0.5) is 8.78 Å². The fourth-order valence-corrected chi connectivity index (χ4v) is 2.87. The summed E-state index contributed by atoms with van der Waals surface area (Å²) in [5.74, 6) is 0. The summed E-state index contributed by atoms with van der Waals surface area (Å²) in [5, 5.41) is 6.40. The summed E-state index contributed by atoms with van der Waals surface area (Å²) in [6.45, 7) is 4.91. The second-order valence-electron chi connectivity index (χ2n) is 4.68. The van der Waals surface area contributed by atoms with Gasteiger partial charge in [-0.2, -0.15) is 0 Å². The Morgan fingerprint density at radius 1 is 1.20 bits per heavy atom. The van der Waals surface area contributed by atoms with Crippen molar-refractivity contribution in [2.45, 2.75) is 32.7 Å². The van der Waals surface area contributed by atoms with Gasteiger partial charge >= 0.3 is 0 Å². The average Bonchev–Trinajstić information content (AvgIpc) is 2.86. The third-order valence-corrected chi connectivity index (χ3v) is 4.03. The maximum atomic E-state index is 12.6. The molecule has 1 heterocycles. The Balaban J connectivity index is 2.26. The number of rotatable bonds is 6. The lowest BCUT2D eigenvalue weighted by Crippen LogP contribution is -2.23. The molecule has 0 fully saturated rings. The van der Waals surface area contributed by atoms with Crippen molar-refractivity contribution in [2.24, 2.45) is 0 Å². The Morgan fingerprint density at radius 2 is 1.85 bits per heavy atom. The Hall–Kier alpha value is -1.33. The zero-order valence-electron chi connectivity index (χ0n) is 11.6. The number of thiazole rings is 1. The van der Waals surface area contributed by atoms with E-state index in [-0.39, 0.29) is 11.6 Å². The molecule has 0 saturated heterocycles. The van der Waals surface area contributed by atoms with Gasteiger partial charge in [0.1, 0.15) is 5.01 Å². The molecule has 0 aliphatic heterocycles. The molecule has 0 saturated carbocycles. The zero-order valence-corrected chi connectivity index (χ0v) is 12.4. The Labute approximate surface area is 121 Å². The van der Waals surface area contributed by atoms with Crippen molar-refractivity contribution in [3.63, 3.8) is 0 Å². The highest BCUT2D eigenvalue weighted by Gasteiger charge is 2.17. The van der Waals surface area contributed by atoms with E-state index < -0.39 is 6.43 Å². The van der Waals surface area contributed by atoms with Crippen LogP contribution in [0.1, 0.15) is 47.6 Å². The van der Waals surface area contributed by atoms with Crippen molar-refractivity contribution in [2.75, 3.05) is 6.54 Å². The molecular weight excluding hydrogens is 278 g/mol. The van der Waals surface area contributed by atoms with Crippen molar-refractivity contribution in [1.29, 1.82) is 0 Å². The summed E-state index contributed by atoms with van der Waals surface area (Å²) in [5.41, 5.74) is 2.01. The summed E-state index contributed by atoms with van der Waals surface area (Å²) in [4.78, 5) is 4.51. The van der Waals surface area contributed by atoms with Crippen LogP contribution in [-0.2, 0) is 0 Å². The number of nitrogens with one attached hydrogen (secondary N) is 1. The molecule has 0 aliphatic rings. The Bertz CT molecular complexity index is 537. The summed E-state index contributed by atoms with van der Waals surface area (Å²) in [6.07, 6.45) is -1.41. The van der Waals surface area contributed by atoms with E-state index in [4.69, 9.17) is 0 Å². The molecule has 1 N–H and O–H groups in total. The second-order valence-corrected chi connectivity index (χ2v) is 5.57. The van der Waals surface area contributed by atoms with E-state index in [0.717, 1.165) is 29.2 Å². The second kappa shape index (κ2) is 6.90. The molecule has 2 rings (SSSR count). The standard InChI is InChI=1S/C15H18F2N2S/c1-3-8-18-13(15-19-10(2)9-20-15)11-4-6-12(7-5-11)14(16)17/h4-7,9,13-14,18H,3,8H2,1-2H3. The van der Waals surface area contributed by atoms with Gasteiger partial charge in [-0.3, -0.25) is 0 Å². The van der Waals surface area contributed by atoms with Gasteiger partial charge in [-0.1, -0.05) is 31.2 Å². The minimum Gasteiger partial charge on any atom is -0.304 e. The molecule has 108 valence electrons. The molecule has 1 aromatic carbocycles. The predicted octanol–water partition coefficient (Wildman–Crippen LogP) is 4.48. The summed E-state index contributed by atoms with van der Waals surface area (Å²) < 4.78 is 25.2. The lowest BCUT2D eigenvalue weighted by Gasteiger charge is -2.17. The smallest absolute Gasteiger partial charge is 0.263 e. The zero-order chi connectivity index (χ0) is 14.5. The molecular formula is C15H18F2N2S. The lowest BCUT2D eigenvalue weighted by molar-refractivity contribution is 0.151. The fourth-order valence-electron chi connectivity index (χ4n) is 1.98.